The summed E-state index contributed by atoms with van der Waals surface area (Å²) >= 11 is 5.81. The van der Waals surface area contributed by atoms with Crippen LogP contribution in [-0.2, 0) is 0 Å². The Morgan fingerprint density at radius 1 is 1.05 bits per heavy atom. The molecule has 0 radical (unpaired) electrons. The Hall–Kier alpha value is -1.87. The molecule has 1 amide bonds. The van der Waals surface area contributed by atoms with Crippen LogP contribution in [0.4, 0.5) is 0 Å². The molecule has 1 aromatic carbocycles. The third kappa shape index (κ3) is 3.12. The number of hydrogen-bond donors (Lipinski definition) is 1. The van der Waals surface area contributed by atoms with Gasteiger partial charge in [0.15, 0.2) is 0 Å². The number of benzene rings is 1. The van der Waals surface area contributed by atoms with Gasteiger partial charge < -0.3 is 0 Å². The van der Waals surface area contributed by atoms with Crippen LogP contribution in [0.25, 0.3) is 0 Å². The van der Waals surface area contributed by atoms with Gasteiger partial charge in [-0.2, -0.15) is 0 Å². The average Bonchev–Trinajstić information content (AvgIpc) is 2.34. The third-order valence-electron chi connectivity index (χ3n) is 2.90. The highest BCUT2D eigenvalue weighted by atomic mass is 35.5. The van der Waals surface area contributed by atoms with Crippen LogP contribution in [0.3, 0.4) is 0 Å². The molecule has 0 aliphatic heterocycles. The Labute approximate surface area is 117 Å². The SMILES string of the molecule is Cc1cc(C)[n+](NC(=O)c2ccc(Cl)cc2)c(C)c1. The molecule has 2 aromatic rings. The second-order valence-corrected chi connectivity index (χ2v) is 5.04. The van der Waals surface area contributed by atoms with Crippen LogP contribution in [0.15, 0.2) is 36.4 Å². The van der Waals surface area contributed by atoms with Crippen LogP contribution < -0.4 is 10.1 Å². The summed E-state index contributed by atoms with van der Waals surface area (Å²) in [4.78, 5) is 12.1. The zero-order valence-corrected chi connectivity index (χ0v) is 12.0. The van der Waals surface area contributed by atoms with E-state index in [2.05, 4.69) is 5.43 Å². The van der Waals surface area contributed by atoms with Crippen molar-refractivity contribution in [2.75, 3.05) is 5.43 Å². The molecule has 1 N–H and O–H groups in total. The summed E-state index contributed by atoms with van der Waals surface area (Å²) < 4.78 is 1.78. The second-order valence-electron chi connectivity index (χ2n) is 4.60. The molecule has 0 saturated heterocycles. The van der Waals surface area contributed by atoms with Crippen LogP contribution in [0, 0.1) is 20.8 Å². The quantitative estimate of drug-likeness (QED) is 0.840. The van der Waals surface area contributed by atoms with E-state index < -0.39 is 0 Å². The van der Waals surface area contributed by atoms with Gasteiger partial charge in [-0.1, -0.05) is 16.3 Å². The van der Waals surface area contributed by atoms with E-state index in [0.29, 0.717) is 10.6 Å². The summed E-state index contributed by atoms with van der Waals surface area (Å²) in [6.07, 6.45) is 0. The maximum atomic E-state index is 12.1. The van der Waals surface area contributed by atoms with Crippen molar-refractivity contribution < 1.29 is 9.47 Å². The van der Waals surface area contributed by atoms with Gasteiger partial charge in [-0.25, -0.2) is 0 Å². The fourth-order valence-electron chi connectivity index (χ4n) is 2.05. The first kappa shape index (κ1) is 13.6. The molecular weight excluding hydrogens is 260 g/mol. The van der Waals surface area contributed by atoms with Gasteiger partial charge in [0.25, 0.3) is 0 Å². The van der Waals surface area contributed by atoms with Gasteiger partial charge in [0.2, 0.25) is 11.4 Å². The number of carbonyl (C=O) groups excluding carboxylic acids is 1. The van der Waals surface area contributed by atoms with E-state index in [9.17, 15) is 4.79 Å². The lowest BCUT2D eigenvalue weighted by atomic mass is 10.2. The molecule has 0 bridgehead atoms. The monoisotopic (exact) mass is 275 g/mol. The fraction of sp³-hybridized carbons (Fsp3) is 0.200. The van der Waals surface area contributed by atoms with Gasteiger partial charge in [0.05, 0.1) is 0 Å². The van der Waals surface area contributed by atoms with Crippen molar-refractivity contribution in [3.63, 3.8) is 0 Å². The summed E-state index contributed by atoms with van der Waals surface area (Å²) in [5.74, 6) is -0.156. The minimum Gasteiger partial charge on any atom is -0.264 e. The van der Waals surface area contributed by atoms with Crippen molar-refractivity contribution in [1.82, 2.24) is 0 Å². The topological polar surface area (TPSA) is 33.0 Å². The summed E-state index contributed by atoms with van der Waals surface area (Å²) in [5, 5.41) is 0.618. The highest BCUT2D eigenvalue weighted by Gasteiger charge is 2.16. The highest BCUT2D eigenvalue weighted by Crippen LogP contribution is 2.09. The average molecular weight is 276 g/mol. The molecule has 0 atom stereocenters. The molecule has 1 aromatic heterocycles. The van der Waals surface area contributed by atoms with Crippen molar-refractivity contribution in [2.24, 2.45) is 0 Å². The number of rotatable bonds is 2. The van der Waals surface area contributed by atoms with E-state index in [-0.39, 0.29) is 5.91 Å². The normalized spacial score (nSPS) is 10.3. The van der Waals surface area contributed by atoms with Crippen LogP contribution in [0.2, 0.25) is 5.02 Å². The molecule has 4 heteroatoms. The Balaban J connectivity index is 2.26. The summed E-state index contributed by atoms with van der Waals surface area (Å²) in [5.41, 5.74) is 6.60. The second kappa shape index (κ2) is 5.41. The number of pyridine rings is 1. The van der Waals surface area contributed by atoms with Crippen molar-refractivity contribution in [1.29, 1.82) is 0 Å². The van der Waals surface area contributed by atoms with E-state index in [0.717, 1.165) is 11.4 Å². The zero-order valence-electron chi connectivity index (χ0n) is 11.2. The minimum atomic E-state index is -0.156. The van der Waals surface area contributed by atoms with Crippen LogP contribution in [-0.4, -0.2) is 5.91 Å². The van der Waals surface area contributed by atoms with Crippen molar-refractivity contribution >= 4 is 17.5 Å². The molecule has 0 aliphatic rings. The largest absolute Gasteiger partial charge is 0.305 e. The summed E-state index contributed by atoms with van der Waals surface area (Å²) in [6, 6.07) is 10.9. The number of carbonyl (C=O) groups is 1. The lowest BCUT2D eigenvalue weighted by Crippen LogP contribution is -2.52. The van der Waals surface area contributed by atoms with Crippen LogP contribution >= 0.6 is 11.6 Å². The molecule has 1 heterocycles. The molecule has 2 rings (SSSR count). The van der Waals surface area contributed by atoms with Crippen molar-refractivity contribution in [2.45, 2.75) is 20.8 Å². The van der Waals surface area contributed by atoms with E-state index >= 15 is 0 Å². The number of aryl methyl sites for hydroxylation is 3. The van der Waals surface area contributed by atoms with Crippen molar-refractivity contribution in [3.05, 3.63) is 63.9 Å². The van der Waals surface area contributed by atoms with Gasteiger partial charge in [0, 0.05) is 36.6 Å². The van der Waals surface area contributed by atoms with E-state index in [1.54, 1.807) is 28.9 Å². The van der Waals surface area contributed by atoms with Gasteiger partial charge >= 0.3 is 5.91 Å². The zero-order chi connectivity index (χ0) is 14.0. The van der Waals surface area contributed by atoms with E-state index in [4.69, 9.17) is 11.6 Å². The molecule has 0 fully saturated rings. The molecule has 0 unspecified atom stereocenters. The Bertz CT molecular complexity index is 598. The number of nitrogens with one attached hydrogen (secondary N) is 1. The first-order valence-electron chi connectivity index (χ1n) is 6.04. The lowest BCUT2D eigenvalue weighted by molar-refractivity contribution is -0.654. The minimum absolute atomic E-state index is 0.156. The van der Waals surface area contributed by atoms with Crippen LogP contribution in [0.1, 0.15) is 27.3 Å². The molecular formula is C15H16ClN2O+. The molecule has 98 valence electrons. The number of hydrogen-bond acceptors (Lipinski definition) is 1. The van der Waals surface area contributed by atoms with Gasteiger partial charge in [-0.05, 0) is 36.8 Å². The standard InChI is InChI=1S/C15H15ClN2O/c1-10-8-11(2)18(12(3)9-10)17-15(19)13-4-6-14(16)7-5-13/h4-9H,1-3H3/p+1. The summed E-state index contributed by atoms with van der Waals surface area (Å²) in [7, 11) is 0. The highest BCUT2D eigenvalue weighted by molar-refractivity contribution is 6.30. The maximum Gasteiger partial charge on any atom is 0.305 e. The fourth-order valence-corrected chi connectivity index (χ4v) is 2.18. The smallest absolute Gasteiger partial charge is 0.264 e. The maximum absolute atomic E-state index is 12.1. The summed E-state index contributed by atoms with van der Waals surface area (Å²) in [6.45, 7) is 5.95. The van der Waals surface area contributed by atoms with E-state index in [1.807, 2.05) is 32.9 Å². The van der Waals surface area contributed by atoms with Gasteiger partial charge in [0.1, 0.15) is 0 Å². The first-order chi connectivity index (χ1) is 8.97. The Kier molecular flexibility index (Phi) is 3.86. The lowest BCUT2D eigenvalue weighted by Gasteiger charge is -2.05. The number of amides is 1. The molecule has 0 spiro atoms. The van der Waals surface area contributed by atoms with Crippen LogP contribution in [0.5, 0.6) is 0 Å². The number of nitrogens with zero attached hydrogens (tertiary/aromatic N) is 1. The van der Waals surface area contributed by atoms with Gasteiger partial charge in [-0.15, -0.1) is 5.43 Å². The first-order valence-corrected chi connectivity index (χ1v) is 6.42. The molecule has 3 nitrogen and oxygen atoms in total. The third-order valence-corrected chi connectivity index (χ3v) is 3.15. The molecule has 0 aliphatic carbocycles. The predicted octanol–water partition coefficient (Wildman–Crippen LogP) is 2.94. The number of aromatic nitrogens is 1. The Morgan fingerprint density at radius 3 is 2.11 bits per heavy atom. The van der Waals surface area contributed by atoms with Crippen molar-refractivity contribution in [3.8, 4) is 0 Å². The van der Waals surface area contributed by atoms with Gasteiger partial charge in [-0.3, -0.25) is 4.79 Å². The predicted molar refractivity (Wildman–Crippen MR) is 76.0 cm³/mol. The van der Waals surface area contributed by atoms with E-state index in [1.165, 1.54) is 5.56 Å². The number of halogens is 1. The molecule has 0 saturated carbocycles. The molecule has 19 heavy (non-hydrogen) atoms. The Morgan fingerprint density at radius 2 is 1.58 bits per heavy atom.